The molecule has 2 unspecified atom stereocenters. The van der Waals surface area contributed by atoms with Crippen molar-refractivity contribution < 1.29 is 33.1 Å². The third kappa shape index (κ3) is 6.63. The molecule has 3 aromatic rings. The van der Waals surface area contributed by atoms with Crippen LogP contribution in [0.1, 0.15) is 78.1 Å². The van der Waals surface area contributed by atoms with Gasteiger partial charge in [-0.1, -0.05) is 18.9 Å². The Morgan fingerprint density at radius 3 is 2.52 bits per heavy atom. The van der Waals surface area contributed by atoms with Gasteiger partial charge in [0.15, 0.2) is 0 Å². The van der Waals surface area contributed by atoms with Crippen molar-refractivity contribution in [3.8, 4) is 0 Å². The lowest BCUT2D eigenvalue weighted by Gasteiger charge is -2.36. The van der Waals surface area contributed by atoms with E-state index in [4.69, 9.17) is 5.41 Å². The zero-order valence-electron chi connectivity index (χ0n) is 26.7. The van der Waals surface area contributed by atoms with Gasteiger partial charge in [-0.2, -0.15) is 0 Å². The maximum Gasteiger partial charge on any atom is 0.363 e. The Balaban J connectivity index is 1.19. The second-order valence-electron chi connectivity index (χ2n) is 13.2. The Kier molecular flexibility index (Phi) is 9.47. The van der Waals surface area contributed by atoms with Crippen molar-refractivity contribution in [1.82, 2.24) is 19.7 Å². The van der Waals surface area contributed by atoms with Crippen molar-refractivity contribution in [1.29, 1.82) is 5.41 Å². The predicted molar refractivity (Wildman–Crippen MR) is 179 cm³/mol. The molecule has 3 aliphatic rings. The Morgan fingerprint density at radius 2 is 1.81 bits per heavy atom. The van der Waals surface area contributed by atoms with Gasteiger partial charge in [-0.05, 0) is 73.4 Å². The molecule has 4 N–H and O–H groups in total. The first-order chi connectivity index (χ1) is 22.7. The van der Waals surface area contributed by atoms with Crippen LogP contribution in [0.2, 0.25) is 0 Å². The Morgan fingerprint density at radius 1 is 1.06 bits per heavy atom. The highest BCUT2D eigenvalue weighted by atomic mass is 32.1. The summed E-state index contributed by atoms with van der Waals surface area (Å²) in [6, 6.07) is 7.33. The zero-order valence-corrected chi connectivity index (χ0v) is 28.4. The molecular formula is C33H39FN5O7PS. The van der Waals surface area contributed by atoms with Crippen molar-refractivity contribution in [2.75, 3.05) is 13.1 Å². The second-order valence-corrected chi connectivity index (χ2v) is 15.9. The fourth-order valence-electron chi connectivity index (χ4n) is 7.42. The monoisotopic (exact) mass is 699 g/mol. The van der Waals surface area contributed by atoms with Crippen LogP contribution >= 0.6 is 18.9 Å². The lowest BCUT2D eigenvalue weighted by Crippen LogP contribution is -2.56. The summed E-state index contributed by atoms with van der Waals surface area (Å²) in [5.74, 6) is -3.93. The largest absolute Gasteiger partial charge is 0.363 e. The summed E-state index contributed by atoms with van der Waals surface area (Å²) in [5.41, 5.74) is 0.855. The lowest BCUT2D eigenvalue weighted by atomic mass is 9.87. The number of hydrogen-bond donors (Lipinski definition) is 4. The minimum Gasteiger partial charge on any atom is -0.340 e. The molecule has 5 heterocycles. The van der Waals surface area contributed by atoms with Crippen LogP contribution in [0.4, 0.5) is 4.39 Å². The number of rotatable bonds is 7. The number of aryl methyl sites for hydroxylation is 1. The van der Waals surface area contributed by atoms with Crippen molar-refractivity contribution in [2.24, 2.45) is 13.0 Å². The van der Waals surface area contributed by atoms with E-state index in [1.54, 1.807) is 36.0 Å². The maximum absolute atomic E-state index is 14.3. The van der Waals surface area contributed by atoms with E-state index in [9.17, 15) is 37.9 Å². The summed E-state index contributed by atoms with van der Waals surface area (Å²) in [4.78, 5) is 76.2. The maximum atomic E-state index is 14.3. The highest BCUT2D eigenvalue weighted by Gasteiger charge is 2.47. The van der Waals surface area contributed by atoms with E-state index in [2.05, 4.69) is 5.32 Å². The average molecular weight is 700 g/mol. The number of nitrogens with zero attached hydrogens (tertiary/aromatic N) is 3. The molecule has 1 aromatic carbocycles. The Labute approximate surface area is 280 Å². The van der Waals surface area contributed by atoms with Gasteiger partial charge in [-0.15, -0.1) is 11.3 Å². The van der Waals surface area contributed by atoms with E-state index in [1.165, 1.54) is 28.8 Å². The molecule has 0 radical (unpaired) electrons. The van der Waals surface area contributed by atoms with Gasteiger partial charge in [0, 0.05) is 60.7 Å². The number of likely N-dealkylation sites (tertiary alicyclic amines) is 1. The molecule has 0 aliphatic carbocycles. The second kappa shape index (κ2) is 13.3. The Bertz CT molecular complexity index is 1890. The predicted octanol–water partition coefficient (Wildman–Crippen LogP) is 4.06. The van der Waals surface area contributed by atoms with Gasteiger partial charge in [0.05, 0.1) is 4.88 Å². The van der Waals surface area contributed by atoms with Crippen LogP contribution in [0.3, 0.4) is 0 Å². The molecule has 3 saturated heterocycles. The quantitative estimate of drug-likeness (QED) is 0.213. The third-order valence-corrected chi connectivity index (χ3v) is 12.0. The van der Waals surface area contributed by atoms with Crippen molar-refractivity contribution in [2.45, 2.75) is 75.4 Å². The first kappa shape index (κ1) is 34.2. The molecule has 15 heteroatoms. The van der Waals surface area contributed by atoms with Crippen molar-refractivity contribution >= 4 is 52.5 Å². The molecule has 6 rings (SSSR count). The highest BCUT2D eigenvalue weighted by molar-refractivity contribution is 7.51. The van der Waals surface area contributed by atoms with Crippen molar-refractivity contribution in [3.63, 3.8) is 0 Å². The number of fused-ring (bicyclic) bond motifs is 2. The number of aromatic nitrogens is 1. The third-order valence-electron chi connectivity index (χ3n) is 10.0. The van der Waals surface area contributed by atoms with Gasteiger partial charge in [-0.3, -0.25) is 23.7 Å². The molecule has 0 bridgehead atoms. The number of carbonyl (C=O) groups excluding carboxylic acids is 3. The number of thiophene rings is 1. The molecule has 256 valence electrons. The fraction of sp³-hybridized carbons (Fsp3) is 0.485. The molecule has 2 aromatic heterocycles. The van der Waals surface area contributed by atoms with Crippen LogP contribution in [0.25, 0.3) is 10.1 Å². The van der Waals surface area contributed by atoms with Crippen LogP contribution in [0, 0.1) is 11.3 Å². The van der Waals surface area contributed by atoms with E-state index < -0.39 is 31.5 Å². The van der Waals surface area contributed by atoms with Gasteiger partial charge in [-0.25, -0.2) is 4.39 Å². The number of benzene rings is 1. The zero-order chi connectivity index (χ0) is 34.5. The van der Waals surface area contributed by atoms with Crippen LogP contribution in [-0.4, -0.2) is 78.8 Å². The lowest BCUT2D eigenvalue weighted by molar-refractivity contribution is -0.146. The summed E-state index contributed by atoms with van der Waals surface area (Å²) in [7, 11) is -3.33. The summed E-state index contributed by atoms with van der Waals surface area (Å²) < 4.78 is 27.8. The number of nitrogens with one attached hydrogen (secondary N) is 2. The topological polar surface area (TPSA) is 173 Å². The van der Waals surface area contributed by atoms with E-state index in [0.29, 0.717) is 48.1 Å². The molecule has 6 atom stereocenters. The molecule has 0 spiro atoms. The highest BCUT2D eigenvalue weighted by Crippen LogP contribution is 2.53. The van der Waals surface area contributed by atoms with Gasteiger partial charge < -0.3 is 34.9 Å². The number of hydrogen-bond acceptors (Lipinski definition) is 7. The van der Waals surface area contributed by atoms with Gasteiger partial charge in [0.2, 0.25) is 17.7 Å². The number of alkyl halides is 1. The molecular weight excluding hydrogens is 660 g/mol. The SMILES string of the molecule is CC(=N)[C@@H]1CN(C(=O)[C@@H]2CC[C@@H]3CCCCC(NC(=O)c4cc5cc(C(F)P(=O)(O)O)ccc5s4)C(=O)N32)C[C@H]1c1ccn(C)c(=O)c1. The molecule has 12 nitrogen and oxygen atoms in total. The standard InChI is InChI=1S/C33H39FN5O7PS/c1-18(35)23-16-38(17-24(23)19-11-12-37(2)29(40)15-19)33(43)26-9-8-22-5-3-4-6-25(32(42)39(22)26)36-31(41)28-14-21-13-20(7-10-27(21)48-28)30(34)47(44,45)46/h7,10-15,22-26,30,35H,3-6,8-9,16-17H2,1-2H3,(H,36,41)(H2,44,45,46)/t22-,23-,24-,25?,26-,30?/m0/s1. The summed E-state index contributed by atoms with van der Waals surface area (Å²) in [5, 5.41) is 11.7. The Hall–Kier alpha value is -3.71. The number of carbonyl (C=O) groups is 3. The van der Waals surface area contributed by atoms with E-state index in [1.807, 2.05) is 6.07 Å². The molecule has 3 fully saturated rings. The molecule has 3 aliphatic heterocycles. The average Bonchev–Trinajstić information content (AvgIpc) is 3.78. The smallest absolute Gasteiger partial charge is 0.340 e. The fourth-order valence-corrected chi connectivity index (χ4v) is 8.91. The van der Waals surface area contributed by atoms with Crippen LogP contribution in [0.5, 0.6) is 0 Å². The van der Waals surface area contributed by atoms with Gasteiger partial charge in [0.1, 0.15) is 12.1 Å². The number of amides is 3. The van der Waals surface area contributed by atoms with Gasteiger partial charge >= 0.3 is 7.60 Å². The van der Waals surface area contributed by atoms with E-state index >= 15 is 0 Å². The van der Waals surface area contributed by atoms with Crippen molar-refractivity contribution in [3.05, 3.63) is 69.0 Å². The van der Waals surface area contributed by atoms with Gasteiger partial charge in [0.25, 0.3) is 11.5 Å². The summed E-state index contributed by atoms with van der Waals surface area (Å²) >= 11 is 1.12. The first-order valence-electron chi connectivity index (χ1n) is 16.1. The minimum absolute atomic E-state index is 0.132. The van der Waals surface area contributed by atoms with Crippen LogP contribution in [-0.2, 0) is 21.2 Å². The van der Waals surface area contributed by atoms with E-state index in [-0.39, 0.29) is 45.7 Å². The summed E-state index contributed by atoms with van der Waals surface area (Å²) in [6.07, 6.45) is 5.58. The van der Waals surface area contributed by atoms with Crippen LogP contribution < -0.4 is 10.9 Å². The van der Waals surface area contributed by atoms with E-state index in [0.717, 1.165) is 36.2 Å². The normalized spacial score (nSPS) is 25.4. The number of pyridine rings is 1. The minimum atomic E-state index is -5.00. The number of halogens is 1. The molecule has 0 saturated carbocycles. The van der Waals surface area contributed by atoms with Crippen LogP contribution in [0.15, 0.2) is 47.4 Å². The summed E-state index contributed by atoms with van der Waals surface area (Å²) in [6.45, 7) is 2.37. The molecule has 48 heavy (non-hydrogen) atoms. The molecule has 3 amide bonds. The first-order valence-corrected chi connectivity index (χ1v) is 18.6.